The summed E-state index contributed by atoms with van der Waals surface area (Å²) in [4.78, 5) is 37.9. The third-order valence-electron chi connectivity index (χ3n) is 5.76. The van der Waals surface area contributed by atoms with Gasteiger partial charge in [-0.05, 0) is 24.3 Å². The van der Waals surface area contributed by atoms with Crippen molar-refractivity contribution in [1.29, 1.82) is 0 Å². The zero-order valence-corrected chi connectivity index (χ0v) is 18.3. The maximum absolute atomic E-state index is 12.9. The highest BCUT2D eigenvalue weighted by Crippen LogP contribution is 2.30. The van der Waals surface area contributed by atoms with Crippen LogP contribution in [0.2, 0.25) is 0 Å². The number of hydrogen-bond acceptors (Lipinski definition) is 8. The summed E-state index contributed by atoms with van der Waals surface area (Å²) in [6.07, 6.45) is 1.50. The van der Waals surface area contributed by atoms with Crippen LogP contribution in [0, 0.1) is 0 Å². The number of benzene rings is 2. The molecule has 0 unspecified atom stereocenters. The molecule has 172 valence electrons. The van der Waals surface area contributed by atoms with Crippen LogP contribution in [0.3, 0.4) is 0 Å². The van der Waals surface area contributed by atoms with E-state index in [9.17, 15) is 14.7 Å². The smallest absolute Gasteiger partial charge is 0.335 e. The zero-order chi connectivity index (χ0) is 23.5. The Kier molecular flexibility index (Phi) is 5.98. The first-order chi connectivity index (χ1) is 16.6. The second kappa shape index (κ2) is 9.38. The number of carbonyl (C=O) groups is 1. The van der Waals surface area contributed by atoms with Gasteiger partial charge in [-0.3, -0.25) is 9.69 Å². The number of fused-ring (bicyclic) bond motifs is 1. The number of nitrogens with zero attached hydrogens (tertiary/aromatic N) is 5. The molecule has 1 aliphatic heterocycles. The summed E-state index contributed by atoms with van der Waals surface area (Å²) in [7, 11) is 0. The summed E-state index contributed by atoms with van der Waals surface area (Å²) in [5.74, 6) is -0.155. The fourth-order valence-corrected chi connectivity index (χ4v) is 4.00. The third-order valence-corrected chi connectivity index (χ3v) is 5.76. The van der Waals surface area contributed by atoms with Crippen molar-refractivity contribution in [2.24, 2.45) is 0 Å². The molecule has 0 aliphatic carbocycles. The van der Waals surface area contributed by atoms with Crippen LogP contribution < -0.4 is 15.8 Å². The molecule has 10 nitrogen and oxygen atoms in total. The van der Waals surface area contributed by atoms with Crippen molar-refractivity contribution in [3.05, 3.63) is 76.7 Å². The number of anilines is 2. The molecule has 5 rings (SSSR count). The Morgan fingerprint density at radius 2 is 1.76 bits per heavy atom. The second-order valence-electron chi connectivity index (χ2n) is 7.99. The average Bonchev–Trinajstić information content (AvgIpc) is 2.88. The maximum atomic E-state index is 12.9. The lowest BCUT2D eigenvalue weighted by Gasteiger charge is -2.34. The van der Waals surface area contributed by atoms with Crippen LogP contribution in [0.5, 0.6) is 0 Å². The highest BCUT2D eigenvalue weighted by Gasteiger charge is 2.23. The van der Waals surface area contributed by atoms with Crippen molar-refractivity contribution >= 4 is 28.4 Å². The van der Waals surface area contributed by atoms with E-state index in [1.165, 1.54) is 18.3 Å². The second-order valence-corrected chi connectivity index (χ2v) is 7.99. The summed E-state index contributed by atoms with van der Waals surface area (Å²) in [5.41, 5.74) is 1.74. The largest absolute Gasteiger partial charge is 0.478 e. The highest BCUT2D eigenvalue weighted by atomic mass is 16.4. The molecule has 3 heterocycles. The molecule has 4 aromatic rings. The molecule has 2 aromatic carbocycles. The van der Waals surface area contributed by atoms with E-state index in [-0.39, 0.29) is 11.1 Å². The Bertz CT molecular complexity index is 1370. The van der Waals surface area contributed by atoms with E-state index in [1.807, 2.05) is 35.2 Å². The number of aromatic carboxylic acids is 1. The minimum atomic E-state index is -1.01. The molecular formula is C24H23N7O3. The molecule has 34 heavy (non-hydrogen) atoms. The van der Waals surface area contributed by atoms with Gasteiger partial charge in [-0.1, -0.05) is 30.3 Å². The summed E-state index contributed by atoms with van der Waals surface area (Å²) in [6.45, 7) is 4.05. The number of carboxylic acid groups (broad SMARTS) is 1. The van der Waals surface area contributed by atoms with Crippen molar-refractivity contribution in [2.45, 2.75) is 0 Å². The van der Waals surface area contributed by atoms with Gasteiger partial charge >= 0.3 is 5.97 Å². The molecule has 0 atom stereocenters. The van der Waals surface area contributed by atoms with Crippen molar-refractivity contribution in [3.8, 4) is 11.4 Å². The predicted molar refractivity (Wildman–Crippen MR) is 128 cm³/mol. The lowest BCUT2D eigenvalue weighted by Crippen LogP contribution is -2.47. The maximum Gasteiger partial charge on any atom is 0.335 e. The highest BCUT2D eigenvalue weighted by molar-refractivity contribution is 5.92. The number of H-pyrrole nitrogens is 1. The van der Waals surface area contributed by atoms with E-state index in [0.717, 1.165) is 31.9 Å². The minimum absolute atomic E-state index is 0.174. The van der Waals surface area contributed by atoms with E-state index in [1.54, 1.807) is 12.1 Å². The number of aromatic amines is 1. The first-order valence-electron chi connectivity index (χ1n) is 10.9. The molecule has 2 aromatic heterocycles. The normalized spacial score (nSPS) is 14.2. The van der Waals surface area contributed by atoms with Crippen molar-refractivity contribution < 1.29 is 9.90 Å². The molecule has 1 aliphatic rings. The summed E-state index contributed by atoms with van der Waals surface area (Å²) in [5, 5.41) is 19.4. The lowest BCUT2D eigenvalue weighted by atomic mass is 10.1. The van der Waals surface area contributed by atoms with Gasteiger partial charge in [-0.15, -0.1) is 0 Å². The minimum Gasteiger partial charge on any atom is -0.478 e. The zero-order valence-electron chi connectivity index (χ0n) is 18.3. The van der Waals surface area contributed by atoms with Crippen LogP contribution in [0.1, 0.15) is 10.4 Å². The number of para-hydroxylation sites is 1. The van der Waals surface area contributed by atoms with Gasteiger partial charge in [0.15, 0.2) is 11.6 Å². The third kappa shape index (κ3) is 4.36. The summed E-state index contributed by atoms with van der Waals surface area (Å²) >= 11 is 0. The van der Waals surface area contributed by atoms with Crippen LogP contribution in [0.4, 0.5) is 11.5 Å². The van der Waals surface area contributed by atoms with Gasteiger partial charge in [0.05, 0.1) is 18.4 Å². The number of piperazine rings is 1. The Hall–Kier alpha value is -4.15. The fourth-order valence-electron chi connectivity index (χ4n) is 4.00. The lowest BCUT2D eigenvalue weighted by molar-refractivity contribution is 0.0697. The molecule has 0 bridgehead atoms. The fraction of sp³-hybridized carbons (Fsp3) is 0.208. The monoisotopic (exact) mass is 457 g/mol. The number of nitrogens with one attached hydrogen (secondary N) is 2. The van der Waals surface area contributed by atoms with Gasteiger partial charge in [0.25, 0.3) is 5.56 Å². The van der Waals surface area contributed by atoms with Crippen LogP contribution in [-0.4, -0.2) is 69.0 Å². The molecule has 1 fully saturated rings. The van der Waals surface area contributed by atoms with E-state index >= 15 is 0 Å². The molecule has 10 heteroatoms. The van der Waals surface area contributed by atoms with Crippen LogP contribution in [-0.2, 0) is 0 Å². The number of rotatable bonds is 6. The molecule has 0 spiro atoms. The Labute approximate surface area is 194 Å². The molecule has 3 N–H and O–H groups in total. The standard InChI is InChI=1S/C24H23N7O3/c32-23-20-19(14-26-29-23)27-21(16-6-8-17(9-7-16)24(33)34)28-22(20)31(18-4-2-1-3-5-18)15-30-12-10-25-11-13-30/h1-9,14,25H,10-13,15H2,(H,29,32)(H,33,34). The molecule has 0 saturated carbocycles. The summed E-state index contributed by atoms with van der Waals surface area (Å²) in [6, 6.07) is 16.1. The average molecular weight is 457 g/mol. The van der Waals surface area contributed by atoms with E-state index < -0.39 is 5.97 Å². The van der Waals surface area contributed by atoms with E-state index in [0.29, 0.717) is 34.8 Å². The van der Waals surface area contributed by atoms with E-state index in [2.05, 4.69) is 25.4 Å². The SMILES string of the molecule is O=C(O)c1ccc(-c2nc(N(CN3CCNCC3)c3ccccc3)c3c(=O)[nH]ncc3n2)cc1. The molecule has 0 radical (unpaired) electrons. The number of carboxylic acids is 1. The topological polar surface area (TPSA) is 127 Å². The van der Waals surface area contributed by atoms with Crippen LogP contribution >= 0.6 is 0 Å². The van der Waals surface area contributed by atoms with Gasteiger partial charge in [0.2, 0.25) is 0 Å². The molecule has 1 saturated heterocycles. The Balaban J connectivity index is 1.68. The van der Waals surface area contributed by atoms with Gasteiger partial charge in [0.1, 0.15) is 10.9 Å². The van der Waals surface area contributed by atoms with Crippen LogP contribution in [0.15, 0.2) is 65.6 Å². The van der Waals surface area contributed by atoms with Crippen molar-refractivity contribution in [1.82, 2.24) is 30.4 Å². The van der Waals surface area contributed by atoms with Crippen molar-refractivity contribution in [3.63, 3.8) is 0 Å². The predicted octanol–water partition coefficient (Wildman–Crippen LogP) is 2.08. The Morgan fingerprint density at radius 3 is 2.47 bits per heavy atom. The molecule has 0 amide bonds. The van der Waals surface area contributed by atoms with Gasteiger partial charge in [-0.25, -0.2) is 19.9 Å². The van der Waals surface area contributed by atoms with Crippen LogP contribution in [0.25, 0.3) is 22.3 Å². The summed E-state index contributed by atoms with van der Waals surface area (Å²) < 4.78 is 0. The van der Waals surface area contributed by atoms with E-state index in [4.69, 9.17) is 4.98 Å². The quantitative estimate of drug-likeness (QED) is 0.399. The van der Waals surface area contributed by atoms with Gasteiger partial charge in [0, 0.05) is 37.4 Å². The van der Waals surface area contributed by atoms with Crippen molar-refractivity contribution in [2.75, 3.05) is 37.7 Å². The first-order valence-corrected chi connectivity index (χ1v) is 10.9. The van der Waals surface area contributed by atoms with Gasteiger partial charge in [-0.2, -0.15) is 5.10 Å². The first kappa shape index (κ1) is 21.7. The molecular weight excluding hydrogens is 434 g/mol. The number of hydrogen-bond donors (Lipinski definition) is 3. The van der Waals surface area contributed by atoms with Gasteiger partial charge < -0.3 is 15.3 Å². The Morgan fingerprint density at radius 1 is 1.03 bits per heavy atom. The number of aromatic nitrogens is 4.